The number of hydrogen-bond donors (Lipinski definition) is 2. The van der Waals surface area contributed by atoms with Crippen molar-refractivity contribution in [3.8, 4) is 5.75 Å². The number of para-hydroxylation sites is 1. The van der Waals surface area contributed by atoms with Crippen LogP contribution in [0.2, 0.25) is 0 Å². The van der Waals surface area contributed by atoms with Crippen LogP contribution in [0.1, 0.15) is 11.1 Å². The number of urea groups is 1. The number of carbonyl (C=O) groups excluding carboxylic acids is 1. The lowest BCUT2D eigenvalue weighted by Crippen LogP contribution is -2.36. The van der Waals surface area contributed by atoms with Gasteiger partial charge in [-0.15, -0.1) is 0 Å². The fraction of sp³-hybridized carbons (Fsp3) is 0.235. The first-order valence-corrected chi connectivity index (χ1v) is 7.87. The quantitative estimate of drug-likeness (QED) is 0.826. The summed E-state index contributed by atoms with van der Waals surface area (Å²) in [5, 5.41) is 5.69. The minimum absolute atomic E-state index is 0.175. The molecule has 0 heterocycles. The second-order valence-electron chi connectivity index (χ2n) is 4.76. The number of methoxy groups -OCH3 is 1. The van der Waals surface area contributed by atoms with E-state index in [2.05, 4.69) is 26.6 Å². The largest absolute Gasteiger partial charge is 0.496 e. The fourth-order valence-electron chi connectivity index (χ4n) is 2.10. The Morgan fingerprint density at radius 3 is 2.45 bits per heavy atom. The molecule has 0 aromatic heterocycles. The van der Waals surface area contributed by atoms with Gasteiger partial charge in [-0.05, 0) is 29.7 Å². The molecular weight excluding hydrogens is 344 g/mol. The number of amides is 2. The third-order valence-electron chi connectivity index (χ3n) is 3.27. The molecule has 0 saturated heterocycles. The van der Waals surface area contributed by atoms with Crippen LogP contribution in [0.5, 0.6) is 5.75 Å². The third-order valence-corrected chi connectivity index (χ3v) is 4.04. The summed E-state index contributed by atoms with van der Waals surface area (Å²) in [6.07, 6.45) is 0.729. The Morgan fingerprint density at radius 2 is 1.73 bits per heavy atom. The van der Waals surface area contributed by atoms with Crippen molar-refractivity contribution in [3.05, 3.63) is 64.1 Å². The first-order chi connectivity index (χ1) is 10.7. The highest BCUT2D eigenvalue weighted by Gasteiger charge is 2.04. The summed E-state index contributed by atoms with van der Waals surface area (Å²) < 4.78 is 6.28. The highest BCUT2D eigenvalue weighted by molar-refractivity contribution is 9.10. The summed E-state index contributed by atoms with van der Waals surface area (Å²) in [4.78, 5) is 11.8. The number of hydrogen-bond acceptors (Lipinski definition) is 2. The normalized spacial score (nSPS) is 10.1. The summed E-state index contributed by atoms with van der Waals surface area (Å²) >= 11 is 3.46. The first kappa shape index (κ1) is 16.4. The Kier molecular flexibility index (Phi) is 6.27. The van der Waals surface area contributed by atoms with Crippen LogP contribution in [0, 0.1) is 0 Å². The van der Waals surface area contributed by atoms with E-state index in [0.717, 1.165) is 27.8 Å². The third kappa shape index (κ3) is 4.77. The van der Waals surface area contributed by atoms with E-state index in [0.29, 0.717) is 13.1 Å². The number of carbonyl (C=O) groups is 1. The molecule has 2 amide bonds. The van der Waals surface area contributed by atoms with Gasteiger partial charge in [-0.1, -0.05) is 52.3 Å². The number of rotatable bonds is 6. The first-order valence-electron chi connectivity index (χ1n) is 7.07. The second kappa shape index (κ2) is 8.44. The maximum atomic E-state index is 11.8. The maximum absolute atomic E-state index is 11.8. The molecule has 0 radical (unpaired) electrons. The van der Waals surface area contributed by atoms with Crippen LogP contribution < -0.4 is 15.4 Å². The average molecular weight is 363 g/mol. The predicted octanol–water partition coefficient (Wildman–Crippen LogP) is 3.50. The molecule has 0 aliphatic rings. The summed E-state index contributed by atoms with van der Waals surface area (Å²) in [7, 11) is 1.65. The van der Waals surface area contributed by atoms with E-state index in [-0.39, 0.29) is 6.03 Å². The highest BCUT2D eigenvalue weighted by Crippen LogP contribution is 2.17. The maximum Gasteiger partial charge on any atom is 0.315 e. The van der Waals surface area contributed by atoms with Crippen LogP contribution in [-0.2, 0) is 13.0 Å². The highest BCUT2D eigenvalue weighted by atomic mass is 79.9. The van der Waals surface area contributed by atoms with E-state index in [1.165, 1.54) is 0 Å². The Morgan fingerprint density at radius 1 is 1.05 bits per heavy atom. The summed E-state index contributed by atoms with van der Waals surface area (Å²) in [5.41, 5.74) is 2.12. The molecule has 2 aromatic carbocycles. The molecular formula is C17H19BrN2O2. The van der Waals surface area contributed by atoms with E-state index in [4.69, 9.17) is 4.74 Å². The lowest BCUT2D eigenvalue weighted by molar-refractivity contribution is 0.240. The van der Waals surface area contributed by atoms with Crippen LogP contribution in [0.15, 0.2) is 53.0 Å². The van der Waals surface area contributed by atoms with E-state index < -0.39 is 0 Å². The zero-order chi connectivity index (χ0) is 15.8. The van der Waals surface area contributed by atoms with Crippen molar-refractivity contribution in [1.29, 1.82) is 0 Å². The van der Waals surface area contributed by atoms with Gasteiger partial charge in [0.2, 0.25) is 0 Å². The molecule has 0 aliphatic carbocycles. The van der Waals surface area contributed by atoms with Crippen LogP contribution in [0.3, 0.4) is 0 Å². The molecule has 116 valence electrons. The molecule has 2 rings (SSSR count). The van der Waals surface area contributed by atoms with E-state index >= 15 is 0 Å². The number of benzene rings is 2. The van der Waals surface area contributed by atoms with Gasteiger partial charge in [-0.3, -0.25) is 0 Å². The topological polar surface area (TPSA) is 50.4 Å². The van der Waals surface area contributed by atoms with Gasteiger partial charge in [0, 0.05) is 17.6 Å². The van der Waals surface area contributed by atoms with Gasteiger partial charge in [0.15, 0.2) is 0 Å². The molecule has 2 aromatic rings. The Labute approximate surface area is 139 Å². The molecule has 0 spiro atoms. The predicted molar refractivity (Wildman–Crippen MR) is 91.1 cm³/mol. The smallest absolute Gasteiger partial charge is 0.315 e. The van der Waals surface area contributed by atoms with Crippen molar-refractivity contribution in [1.82, 2.24) is 10.6 Å². The summed E-state index contributed by atoms with van der Waals surface area (Å²) in [6.45, 7) is 1.05. The SMILES string of the molecule is COc1ccccc1CCNC(=O)NCc1ccccc1Br. The minimum atomic E-state index is -0.175. The average Bonchev–Trinajstić information content (AvgIpc) is 2.54. The molecule has 0 atom stereocenters. The Balaban J connectivity index is 1.75. The number of ether oxygens (including phenoxy) is 1. The van der Waals surface area contributed by atoms with Crippen LogP contribution in [0.25, 0.3) is 0 Å². The van der Waals surface area contributed by atoms with E-state index in [1.54, 1.807) is 7.11 Å². The zero-order valence-electron chi connectivity index (χ0n) is 12.4. The van der Waals surface area contributed by atoms with Crippen LogP contribution in [0.4, 0.5) is 4.79 Å². The Bertz CT molecular complexity index is 632. The van der Waals surface area contributed by atoms with E-state index in [1.807, 2.05) is 48.5 Å². The minimum Gasteiger partial charge on any atom is -0.496 e. The van der Waals surface area contributed by atoms with Crippen LogP contribution in [-0.4, -0.2) is 19.7 Å². The van der Waals surface area contributed by atoms with Gasteiger partial charge < -0.3 is 15.4 Å². The molecule has 0 unspecified atom stereocenters. The zero-order valence-corrected chi connectivity index (χ0v) is 14.0. The van der Waals surface area contributed by atoms with Gasteiger partial charge in [0.05, 0.1) is 7.11 Å². The van der Waals surface area contributed by atoms with Crippen molar-refractivity contribution >= 4 is 22.0 Å². The van der Waals surface area contributed by atoms with Gasteiger partial charge >= 0.3 is 6.03 Å². The molecule has 0 saturated carbocycles. The molecule has 0 bridgehead atoms. The lowest BCUT2D eigenvalue weighted by Gasteiger charge is -2.10. The van der Waals surface area contributed by atoms with E-state index in [9.17, 15) is 4.79 Å². The van der Waals surface area contributed by atoms with Gasteiger partial charge in [0.25, 0.3) is 0 Å². The molecule has 2 N–H and O–H groups in total. The van der Waals surface area contributed by atoms with Crippen molar-refractivity contribution in [2.45, 2.75) is 13.0 Å². The molecule has 5 heteroatoms. The summed E-state index contributed by atoms with van der Waals surface area (Å²) in [6, 6.07) is 15.5. The number of halogens is 1. The monoisotopic (exact) mass is 362 g/mol. The van der Waals surface area contributed by atoms with Gasteiger partial charge in [0.1, 0.15) is 5.75 Å². The Hall–Kier alpha value is -2.01. The molecule has 4 nitrogen and oxygen atoms in total. The van der Waals surface area contributed by atoms with Crippen molar-refractivity contribution in [3.63, 3.8) is 0 Å². The van der Waals surface area contributed by atoms with Crippen LogP contribution >= 0.6 is 15.9 Å². The van der Waals surface area contributed by atoms with Gasteiger partial charge in [-0.2, -0.15) is 0 Å². The molecule has 22 heavy (non-hydrogen) atoms. The van der Waals surface area contributed by atoms with Crippen molar-refractivity contribution in [2.75, 3.05) is 13.7 Å². The lowest BCUT2D eigenvalue weighted by atomic mass is 10.1. The molecule has 0 aliphatic heterocycles. The fourth-order valence-corrected chi connectivity index (χ4v) is 2.52. The van der Waals surface area contributed by atoms with Crippen molar-refractivity contribution in [2.24, 2.45) is 0 Å². The molecule has 0 fully saturated rings. The van der Waals surface area contributed by atoms with Crippen molar-refractivity contribution < 1.29 is 9.53 Å². The summed E-state index contributed by atoms with van der Waals surface area (Å²) in [5.74, 6) is 0.845. The second-order valence-corrected chi connectivity index (χ2v) is 5.62. The number of nitrogens with one attached hydrogen (secondary N) is 2. The van der Waals surface area contributed by atoms with Gasteiger partial charge in [-0.25, -0.2) is 4.79 Å². The standard InChI is InChI=1S/C17H19BrN2O2/c1-22-16-9-5-3-6-13(16)10-11-19-17(21)20-12-14-7-2-4-8-15(14)18/h2-9H,10-12H2,1H3,(H2,19,20,21).